The molecule has 0 spiro atoms. The minimum absolute atomic E-state index is 0.108. The van der Waals surface area contributed by atoms with Gasteiger partial charge >= 0.3 is 5.97 Å². The molecular weight excluding hydrogens is 396 g/mol. The van der Waals surface area contributed by atoms with E-state index >= 15 is 0 Å². The summed E-state index contributed by atoms with van der Waals surface area (Å²) in [6, 6.07) is 12.5. The molecule has 0 bridgehead atoms. The standard InChI is InChI=1S/C21H17ClN2O5/c1-3-29-21(26)19-13(2)23(16-9-7-15(22)8-10-16)20(25)18(19)12-14-5-4-6-17(11-14)24(27)28/h4-12H,3H2,1-2H3/b18-12-. The first-order valence-corrected chi connectivity index (χ1v) is 9.15. The number of benzene rings is 2. The number of hydrogen-bond donors (Lipinski definition) is 0. The molecule has 0 N–H and O–H groups in total. The molecule has 1 amide bonds. The largest absolute Gasteiger partial charge is 0.462 e. The van der Waals surface area contributed by atoms with Crippen molar-refractivity contribution in [2.45, 2.75) is 13.8 Å². The second kappa shape index (κ2) is 8.28. The van der Waals surface area contributed by atoms with Crippen LogP contribution in [0, 0.1) is 10.1 Å². The van der Waals surface area contributed by atoms with Crippen molar-refractivity contribution < 1.29 is 19.2 Å². The van der Waals surface area contributed by atoms with E-state index in [2.05, 4.69) is 0 Å². The van der Waals surface area contributed by atoms with Crippen molar-refractivity contribution in [3.63, 3.8) is 0 Å². The van der Waals surface area contributed by atoms with Crippen LogP contribution in [0.3, 0.4) is 0 Å². The maximum Gasteiger partial charge on any atom is 0.340 e. The van der Waals surface area contributed by atoms with E-state index in [-0.39, 0.29) is 23.4 Å². The Bertz CT molecular complexity index is 1060. The maximum atomic E-state index is 13.2. The monoisotopic (exact) mass is 412 g/mol. The van der Waals surface area contributed by atoms with Crippen molar-refractivity contribution in [1.82, 2.24) is 0 Å². The van der Waals surface area contributed by atoms with Gasteiger partial charge in [-0.2, -0.15) is 0 Å². The molecule has 8 heteroatoms. The number of carbonyl (C=O) groups is 2. The first kappa shape index (κ1) is 20.3. The van der Waals surface area contributed by atoms with Gasteiger partial charge in [0.2, 0.25) is 0 Å². The average Bonchev–Trinajstić information content (AvgIpc) is 2.93. The van der Waals surface area contributed by atoms with Gasteiger partial charge in [-0.15, -0.1) is 0 Å². The van der Waals surface area contributed by atoms with E-state index in [4.69, 9.17) is 16.3 Å². The van der Waals surface area contributed by atoms with Crippen LogP contribution in [0.1, 0.15) is 19.4 Å². The van der Waals surface area contributed by atoms with Gasteiger partial charge in [-0.05, 0) is 49.8 Å². The maximum absolute atomic E-state index is 13.2. The molecular formula is C21H17ClN2O5. The predicted molar refractivity (Wildman–Crippen MR) is 109 cm³/mol. The fourth-order valence-electron chi connectivity index (χ4n) is 3.08. The van der Waals surface area contributed by atoms with Gasteiger partial charge in [0.15, 0.2) is 0 Å². The van der Waals surface area contributed by atoms with Crippen molar-refractivity contribution in [3.05, 3.63) is 86.1 Å². The highest BCUT2D eigenvalue weighted by Crippen LogP contribution is 2.36. The number of nitro benzene ring substituents is 1. The third kappa shape index (κ3) is 4.05. The van der Waals surface area contributed by atoms with Crippen molar-refractivity contribution in [2.75, 3.05) is 11.5 Å². The van der Waals surface area contributed by atoms with Gasteiger partial charge in [0.05, 0.1) is 22.7 Å². The minimum Gasteiger partial charge on any atom is -0.462 e. The van der Waals surface area contributed by atoms with Crippen LogP contribution in [0.2, 0.25) is 5.02 Å². The Morgan fingerprint density at radius 2 is 1.93 bits per heavy atom. The van der Waals surface area contributed by atoms with Gasteiger partial charge in [-0.1, -0.05) is 23.7 Å². The second-order valence-corrected chi connectivity index (χ2v) is 6.64. The molecule has 7 nitrogen and oxygen atoms in total. The van der Waals surface area contributed by atoms with E-state index in [1.165, 1.54) is 29.2 Å². The summed E-state index contributed by atoms with van der Waals surface area (Å²) in [7, 11) is 0. The molecule has 0 saturated carbocycles. The minimum atomic E-state index is -0.633. The molecule has 1 aliphatic heterocycles. The summed E-state index contributed by atoms with van der Waals surface area (Å²) in [6.07, 6.45) is 1.46. The normalized spacial score (nSPS) is 15.2. The zero-order valence-electron chi connectivity index (χ0n) is 15.7. The first-order valence-electron chi connectivity index (χ1n) is 8.78. The Hall–Kier alpha value is -3.45. The highest BCUT2D eigenvalue weighted by Gasteiger charge is 2.38. The van der Waals surface area contributed by atoms with E-state index in [1.54, 1.807) is 44.2 Å². The number of non-ortho nitro benzene ring substituents is 1. The number of ether oxygens (including phenoxy) is 1. The number of carbonyl (C=O) groups excluding carboxylic acids is 2. The molecule has 1 aliphatic rings. The number of halogens is 1. The summed E-state index contributed by atoms with van der Waals surface area (Å²) in [5.41, 5.74) is 1.50. The number of hydrogen-bond acceptors (Lipinski definition) is 5. The number of rotatable bonds is 5. The van der Waals surface area contributed by atoms with Gasteiger partial charge in [0.1, 0.15) is 0 Å². The van der Waals surface area contributed by atoms with E-state index in [0.29, 0.717) is 22.0 Å². The number of esters is 1. The summed E-state index contributed by atoms with van der Waals surface area (Å²) >= 11 is 5.93. The van der Waals surface area contributed by atoms with Crippen LogP contribution in [0.5, 0.6) is 0 Å². The molecule has 2 aromatic rings. The van der Waals surface area contributed by atoms with Crippen molar-refractivity contribution in [2.24, 2.45) is 0 Å². The lowest BCUT2D eigenvalue weighted by Gasteiger charge is -2.17. The molecule has 0 unspecified atom stereocenters. The van der Waals surface area contributed by atoms with Gasteiger partial charge in [0.25, 0.3) is 11.6 Å². The predicted octanol–water partition coefficient (Wildman–Crippen LogP) is 4.52. The number of anilines is 1. The molecule has 0 saturated heterocycles. The summed E-state index contributed by atoms with van der Waals surface area (Å²) in [4.78, 5) is 37.7. The fraction of sp³-hybridized carbons (Fsp3) is 0.143. The zero-order chi connectivity index (χ0) is 21.1. The lowest BCUT2D eigenvalue weighted by Crippen LogP contribution is -2.24. The van der Waals surface area contributed by atoms with Gasteiger partial charge in [-0.3, -0.25) is 19.8 Å². The smallest absolute Gasteiger partial charge is 0.340 e. The number of allylic oxidation sites excluding steroid dienone is 1. The van der Waals surface area contributed by atoms with Crippen LogP contribution in [-0.2, 0) is 14.3 Å². The zero-order valence-corrected chi connectivity index (χ0v) is 16.5. The average molecular weight is 413 g/mol. The van der Waals surface area contributed by atoms with Crippen LogP contribution < -0.4 is 4.90 Å². The molecule has 2 aromatic carbocycles. The third-order valence-corrected chi connectivity index (χ3v) is 4.61. The Morgan fingerprint density at radius 3 is 2.55 bits per heavy atom. The number of amides is 1. The Balaban J connectivity index is 2.13. The van der Waals surface area contributed by atoms with E-state index in [1.807, 2.05) is 0 Å². The number of nitrogens with zero attached hydrogens (tertiary/aromatic N) is 2. The van der Waals surface area contributed by atoms with Gasteiger partial charge in [-0.25, -0.2) is 4.79 Å². The molecule has 0 aliphatic carbocycles. The number of nitro groups is 1. The molecule has 3 rings (SSSR count). The Morgan fingerprint density at radius 1 is 1.24 bits per heavy atom. The summed E-state index contributed by atoms with van der Waals surface area (Å²) < 4.78 is 5.13. The van der Waals surface area contributed by atoms with Crippen molar-refractivity contribution in [1.29, 1.82) is 0 Å². The molecule has 148 valence electrons. The lowest BCUT2D eigenvalue weighted by molar-refractivity contribution is -0.384. The van der Waals surface area contributed by atoms with Crippen LogP contribution in [0.15, 0.2) is 65.4 Å². The summed E-state index contributed by atoms with van der Waals surface area (Å²) in [5.74, 6) is -1.06. The van der Waals surface area contributed by atoms with Crippen LogP contribution in [0.4, 0.5) is 11.4 Å². The Kier molecular flexibility index (Phi) is 5.79. The van der Waals surface area contributed by atoms with E-state index in [0.717, 1.165) is 0 Å². The van der Waals surface area contributed by atoms with Gasteiger partial charge in [0, 0.05) is 28.5 Å². The van der Waals surface area contributed by atoms with Crippen LogP contribution >= 0.6 is 11.6 Å². The van der Waals surface area contributed by atoms with Crippen LogP contribution in [0.25, 0.3) is 6.08 Å². The molecule has 0 aromatic heterocycles. The first-order chi connectivity index (χ1) is 13.8. The fourth-order valence-corrected chi connectivity index (χ4v) is 3.20. The topological polar surface area (TPSA) is 89.8 Å². The van der Waals surface area contributed by atoms with Crippen LogP contribution in [-0.4, -0.2) is 23.4 Å². The second-order valence-electron chi connectivity index (χ2n) is 6.21. The Labute approximate surface area is 172 Å². The van der Waals surface area contributed by atoms with E-state index < -0.39 is 16.8 Å². The summed E-state index contributed by atoms with van der Waals surface area (Å²) in [5, 5.41) is 11.6. The third-order valence-electron chi connectivity index (χ3n) is 4.36. The van der Waals surface area contributed by atoms with E-state index in [9.17, 15) is 19.7 Å². The molecule has 0 fully saturated rings. The lowest BCUT2D eigenvalue weighted by atomic mass is 10.0. The highest BCUT2D eigenvalue weighted by atomic mass is 35.5. The molecule has 1 heterocycles. The molecule has 0 atom stereocenters. The molecule has 0 radical (unpaired) electrons. The SMILES string of the molecule is CCOC(=O)C1=C(C)N(c2ccc(Cl)cc2)C(=O)/C1=C\c1cccc([N+](=O)[O-])c1. The molecule has 29 heavy (non-hydrogen) atoms. The van der Waals surface area contributed by atoms with Gasteiger partial charge < -0.3 is 4.74 Å². The van der Waals surface area contributed by atoms with Crippen molar-refractivity contribution >= 4 is 40.9 Å². The highest BCUT2D eigenvalue weighted by molar-refractivity contribution is 6.30. The van der Waals surface area contributed by atoms with Crippen molar-refractivity contribution in [3.8, 4) is 0 Å². The summed E-state index contributed by atoms with van der Waals surface area (Å²) in [6.45, 7) is 3.47. The quantitative estimate of drug-likeness (QED) is 0.312.